The first-order valence-electron chi connectivity index (χ1n) is 8.49. The van der Waals surface area contributed by atoms with Crippen molar-refractivity contribution in [3.05, 3.63) is 59.4 Å². The number of carbonyl (C=O) groups is 1. The van der Waals surface area contributed by atoms with Crippen molar-refractivity contribution in [2.45, 2.75) is 31.2 Å². The molecule has 2 aromatic rings. The Balaban J connectivity index is 1.55. The summed E-state index contributed by atoms with van der Waals surface area (Å²) in [7, 11) is 1.80. The fourth-order valence-corrected chi connectivity index (χ4v) is 3.69. The van der Waals surface area contributed by atoms with Crippen LogP contribution in [0.1, 0.15) is 30.4 Å². The molecule has 1 fully saturated rings. The summed E-state index contributed by atoms with van der Waals surface area (Å²) in [5, 5.41) is 0. The third kappa shape index (κ3) is 2.73. The number of ether oxygens (including phenoxy) is 2. The third-order valence-electron chi connectivity index (χ3n) is 5.20. The van der Waals surface area contributed by atoms with E-state index in [9.17, 15) is 9.18 Å². The normalized spacial score (nSPS) is 17.0. The molecule has 0 unspecified atom stereocenters. The van der Waals surface area contributed by atoms with E-state index in [1.54, 1.807) is 18.0 Å². The molecule has 1 saturated carbocycles. The van der Waals surface area contributed by atoms with E-state index in [1.807, 2.05) is 24.3 Å². The van der Waals surface area contributed by atoms with E-state index >= 15 is 0 Å². The van der Waals surface area contributed by atoms with Crippen LogP contribution in [0.5, 0.6) is 11.5 Å². The predicted octanol–water partition coefficient (Wildman–Crippen LogP) is 3.63. The molecule has 2 aromatic carbocycles. The van der Waals surface area contributed by atoms with E-state index in [2.05, 4.69) is 0 Å². The van der Waals surface area contributed by atoms with Crippen molar-refractivity contribution in [2.24, 2.45) is 0 Å². The summed E-state index contributed by atoms with van der Waals surface area (Å²) in [6.45, 7) is 0.711. The van der Waals surface area contributed by atoms with Crippen molar-refractivity contribution in [2.75, 3.05) is 13.8 Å². The molecule has 1 aliphatic carbocycles. The van der Waals surface area contributed by atoms with Crippen LogP contribution in [0.25, 0.3) is 0 Å². The van der Waals surface area contributed by atoms with Gasteiger partial charge in [0.25, 0.3) is 0 Å². The minimum atomic E-state index is -0.590. The molecule has 0 atom stereocenters. The van der Waals surface area contributed by atoms with Gasteiger partial charge in [0.05, 0.1) is 5.41 Å². The van der Waals surface area contributed by atoms with Crippen molar-refractivity contribution in [3.8, 4) is 11.5 Å². The van der Waals surface area contributed by atoms with E-state index < -0.39 is 5.41 Å². The van der Waals surface area contributed by atoms with Gasteiger partial charge in [-0.2, -0.15) is 0 Å². The molecule has 0 bridgehead atoms. The van der Waals surface area contributed by atoms with Crippen LogP contribution in [-0.4, -0.2) is 24.6 Å². The van der Waals surface area contributed by atoms with Gasteiger partial charge in [0.2, 0.25) is 12.7 Å². The number of likely N-dealkylation sites (N-methyl/N-ethyl adjacent to an activating group) is 1. The summed E-state index contributed by atoms with van der Waals surface area (Å²) in [5.74, 6) is 1.19. The van der Waals surface area contributed by atoms with Crippen LogP contribution >= 0.6 is 0 Å². The first-order valence-corrected chi connectivity index (χ1v) is 8.49. The molecule has 5 heteroatoms. The van der Waals surface area contributed by atoms with E-state index in [0.29, 0.717) is 12.3 Å². The molecule has 1 aliphatic heterocycles. The third-order valence-corrected chi connectivity index (χ3v) is 5.20. The maximum Gasteiger partial charge on any atom is 0.233 e. The van der Waals surface area contributed by atoms with Crippen molar-refractivity contribution in [1.29, 1.82) is 0 Å². The summed E-state index contributed by atoms with van der Waals surface area (Å²) in [6, 6.07) is 12.1. The standard InChI is InChI=1S/C20H20FNO3/c1-22(12-14-6-7-17-18(10-14)25-13-24-17)19(23)20(8-3-9-20)15-4-2-5-16(21)11-15/h2,4-7,10-11H,3,8-9,12-13H2,1H3. The lowest BCUT2D eigenvalue weighted by atomic mass is 9.63. The molecule has 1 amide bonds. The van der Waals surface area contributed by atoms with Crippen molar-refractivity contribution >= 4 is 5.91 Å². The maximum atomic E-state index is 13.6. The van der Waals surface area contributed by atoms with Gasteiger partial charge in [-0.1, -0.05) is 24.6 Å². The molecule has 2 aliphatic rings. The smallest absolute Gasteiger partial charge is 0.233 e. The summed E-state index contributed by atoms with van der Waals surface area (Å²) in [4.78, 5) is 14.9. The Bertz CT molecular complexity index is 816. The highest BCUT2D eigenvalue weighted by Gasteiger charge is 2.47. The van der Waals surface area contributed by atoms with Gasteiger partial charge in [-0.3, -0.25) is 4.79 Å². The van der Waals surface area contributed by atoms with E-state index in [0.717, 1.165) is 36.1 Å². The highest BCUT2D eigenvalue weighted by molar-refractivity contribution is 5.89. The zero-order chi connectivity index (χ0) is 17.4. The van der Waals surface area contributed by atoms with Crippen molar-refractivity contribution in [1.82, 2.24) is 4.90 Å². The van der Waals surface area contributed by atoms with Gasteiger partial charge in [0, 0.05) is 13.6 Å². The van der Waals surface area contributed by atoms with Crippen molar-refractivity contribution in [3.63, 3.8) is 0 Å². The quantitative estimate of drug-likeness (QED) is 0.852. The van der Waals surface area contributed by atoms with Gasteiger partial charge in [0.1, 0.15) is 5.82 Å². The Morgan fingerprint density at radius 3 is 2.68 bits per heavy atom. The average molecular weight is 341 g/mol. The maximum absolute atomic E-state index is 13.6. The topological polar surface area (TPSA) is 38.8 Å². The van der Waals surface area contributed by atoms with Crippen LogP contribution in [0, 0.1) is 5.82 Å². The van der Waals surface area contributed by atoms with E-state index in [1.165, 1.54) is 12.1 Å². The Morgan fingerprint density at radius 1 is 1.16 bits per heavy atom. The molecule has 1 heterocycles. The number of halogens is 1. The number of benzene rings is 2. The second-order valence-corrected chi connectivity index (χ2v) is 6.79. The molecule has 130 valence electrons. The molecular formula is C20H20FNO3. The fraction of sp³-hybridized carbons (Fsp3) is 0.350. The lowest BCUT2D eigenvalue weighted by Gasteiger charge is -2.43. The Labute approximate surface area is 146 Å². The highest BCUT2D eigenvalue weighted by atomic mass is 19.1. The molecule has 0 saturated heterocycles. The van der Waals surface area contributed by atoms with Crippen LogP contribution in [-0.2, 0) is 16.8 Å². The van der Waals surface area contributed by atoms with Gasteiger partial charge >= 0.3 is 0 Å². The van der Waals surface area contributed by atoms with Crippen LogP contribution in [0.15, 0.2) is 42.5 Å². The molecule has 0 N–H and O–H groups in total. The SMILES string of the molecule is CN(Cc1ccc2c(c1)OCO2)C(=O)C1(c2cccc(F)c2)CCC1. The lowest BCUT2D eigenvalue weighted by Crippen LogP contribution is -2.49. The van der Waals surface area contributed by atoms with Crippen molar-refractivity contribution < 1.29 is 18.7 Å². The largest absolute Gasteiger partial charge is 0.454 e. The second kappa shape index (κ2) is 6.06. The number of amides is 1. The van der Waals surface area contributed by atoms with Gasteiger partial charge in [-0.15, -0.1) is 0 Å². The molecule has 0 aromatic heterocycles. The first-order chi connectivity index (χ1) is 12.1. The minimum absolute atomic E-state index is 0.0435. The minimum Gasteiger partial charge on any atom is -0.454 e. The summed E-state index contributed by atoms with van der Waals surface area (Å²) in [5.41, 5.74) is 1.17. The van der Waals surface area contributed by atoms with Crippen LogP contribution in [0.2, 0.25) is 0 Å². The number of hydrogen-bond acceptors (Lipinski definition) is 3. The van der Waals surface area contributed by atoms with Crippen LogP contribution < -0.4 is 9.47 Å². The number of carbonyl (C=O) groups excluding carboxylic acids is 1. The second-order valence-electron chi connectivity index (χ2n) is 6.79. The number of nitrogens with zero attached hydrogens (tertiary/aromatic N) is 1. The number of hydrogen-bond donors (Lipinski definition) is 0. The van der Waals surface area contributed by atoms with Crippen LogP contribution in [0.3, 0.4) is 0 Å². The van der Waals surface area contributed by atoms with E-state index in [4.69, 9.17) is 9.47 Å². The van der Waals surface area contributed by atoms with E-state index in [-0.39, 0.29) is 18.5 Å². The molecule has 4 nitrogen and oxygen atoms in total. The number of rotatable bonds is 4. The Morgan fingerprint density at radius 2 is 1.96 bits per heavy atom. The van der Waals surface area contributed by atoms with Gasteiger partial charge in [-0.25, -0.2) is 4.39 Å². The number of fused-ring (bicyclic) bond motifs is 1. The van der Waals surface area contributed by atoms with Gasteiger partial charge < -0.3 is 14.4 Å². The zero-order valence-electron chi connectivity index (χ0n) is 14.1. The molecular weight excluding hydrogens is 321 g/mol. The zero-order valence-corrected chi connectivity index (χ0v) is 14.1. The molecule has 0 radical (unpaired) electrons. The fourth-order valence-electron chi connectivity index (χ4n) is 3.69. The summed E-state index contributed by atoms with van der Waals surface area (Å²) >= 11 is 0. The predicted molar refractivity (Wildman–Crippen MR) is 91.0 cm³/mol. The Hall–Kier alpha value is -2.56. The highest BCUT2D eigenvalue weighted by Crippen LogP contribution is 2.45. The average Bonchev–Trinajstić information content (AvgIpc) is 3.01. The monoisotopic (exact) mass is 341 g/mol. The summed E-state index contributed by atoms with van der Waals surface area (Å²) in [6.07, 6.45) is 2.52. The molecule has 0 spiro atoms. The Kier molecular flexibility index (Phi) is 3.86. The first kappa shape index (κ1) is 15.9. The van der Waals surface area contributed by atoms with Crippen LogP contribution in [0.4, 0.5) is 4.39 Å². The van der Waals surface area contributed by atoms with Gasteiger partial charge in [-0.05, 0) is 48.2 Å². The summed E-state index contributed by atoms with van der Waals surface area (Å²) < 4.78 is 24.4. The van der Waals surface area contributed by atoms with Gasteiger partial charge in [0.15, 0.2) is 11.5 Å². The molecule has 4 rings (SSSR count). The molecule has 25 heavy (non-hydrogen) atoms. The lowest BCUT2D eigenvalue weighted by molar-refractivity contribution is -0.140.